The van der Waals surface area contributed by atoms with E-state index in [0.29, 0.717) is 13.1 Å². The van der Waals surface area contributed by atoms with Gasteiger partial charge in [-0.25, -0.2) is 4.98 Å². The van der Waals surface area contributed by atoms with Crippen molar-refractivity contribution in [1.82, 2.24) is 4.98 Å². The van der Waals surface area contributed by atoms with Gasteiger partial charge in [-0.1, -0.05) is 24.6 Å². The maximum atomic E-state index is 11.9. The standard InChI is InChI=1S/C18H20N2O3/c21-10-13-8-12-4-1-2-6-15(12)19-16(13)20-9-14-5-3-7-18(14,11-20)17(22)23/h1-2,4,6,8,14,21H,3,5,7,9-11H2,(H,22,23)/t14-,18+/m0/s1. The second-order valence-corrected chi connectivity index (χ2v) is 6.75. The number of anilines is 1. The van der Waals surface area contributed by atoms with Gasteiger partial charge in [-0.15, -0.1) is 0 Å². The van der Waals surface area contributed by atoms with Crippen LogP contribution in [0, 0.1) is 11.3 Å². The average Bonchev–Trinajstić information content (AvgIpc) is 3.11. The van der Waals surface area contributed by atoms with Crippen LogP contribution in [0.4, 0.5) is 5.82 Å². The number of carbonyl (C=O) groups is 1. The molecule has 2 aromatic rings. The minimum Gasteiger partial charge on any atom is -0.481 e. The summed E-state index contributed by atoms with van der Waals surface area (Å²) in [5.41, 5.74) is 1.01. The molecular formula is C18H20N2O3. The smallest absolute Gasteiger partial charge is 0.311 e. The molecule has 1 aromatic carbocycles. The quantitative estimate of drug-likeness (QED) is 0.910. The number of pyridine rings is 1. The van der Waals surface area contributed by atoms with Crippen molar-refractivity contribution in [2.24, 2.45) is 11.3 Å². The fourth-order valence-electron chi connectivity index (χ4n) is 4.34. The van der Waals surface area contributed by atoms with Gasteiger partial charge >= 0.3 is 5.97 Å². The van der Waals surface area contributed by atoms with Crippen LogP contribution in [0.1, 0.15) is 24.8 Å². The highest BCUT2D eigenvalue weighted by molar-refractivity contribution is 5.83. The summed E-state index contributed by atoms with van der Waals surface area (Å²) in [5, 5.41) is 20.5. The highest BCUT2D eigenvalue weighted by atomic mass is 16.4. The number of carboxylic acids is 1. The van der Waals surface area contributed by atoms with Gasteiger partial charge < -0.3 is 15.1 Å². The molecule has 1 aliphatic heterocycles. The topological polar surface area (TPSA) is 73.7 Å². The van der Waals surface area contributed by atoms with Gasteiger partial charge in [0.1, 0.15) is 5.82 Å². The highest BCUT2D eigenvalue weighted by Crippen LogP contribution is 2.50. The van der Waals surface area contributed by atoms with E-state index < -0.39 is 11.4 Å². The maximum absolute atomic E-state index is 11.9. The summed E-state index contributed by atoms with van der Waals surface area (Å²) in [6.45, 7) is 1.12. The first-order valence-electron chi connectivity index (χ1n) is 8.12. The Bertz CT molecular complexity index is 776. The van der Waals surface area contributed by atoms with Crippen molar-refractivity contribution in [2.45, 2.75) is 25.9 Å². The lowest BCUT2D eigenvalue weighted by molar-refractivity contribution is -0.149. The van der Waals surface area contributed by atoms with Crippen LogP contribution in [0.15, 0.2) is 30.3 Å². The molecule has 1 aromatic heterocycles. The summed E-state index contributed by atoms with van der Waals surface area (Å²) in [7, 11) is 0. The molecule has 0 unspecified atom stereocenters. The number of carboxylic acid groups (broad SMARTS) is 1. The zero-order chi connectivity index (χ0) is 16.0. The Morgan fingerprint density at radius 3 is 2.96 bits per heavy atom. The second-order valence-electron chi connectivity index (χ2n) is 6.75. The lowest BCUT2D eigenvalue weighted by Crippen LogP contribution is -2.36. The summed E-state index contributed by atoms with van der Waals surface area (Å²) < 4.78 is 0. The van der Waals surface area contributed by atoms with Crippen LogP contribution in [0.3, 0.4) is 0 Å². The van der Waals surface area contributed by atoms with Gasteiger partial charge in [0.25, 0.3) is 0 Å². The van der Waals surface area contributed by atoms with E-state index in [1.807, 2.05) is 30.3 Å². The van der Waals surface area contributed by atoms with Gasteiger partial charge in [0.2, 0.25) is 0 Å². The number of rotatable bonds is 3. The van der Waals surface area contributed by atoms with E-state index in [-0.39, 0.29) is 12.5 Å². The van der Waals surface area contributed by atoms with E-state index in [1.54, 1.807) is 0 Å². The molecule has 1 saturated heterocycles. The number of para-hydroxylation sites is 1. The van der Waals surface area contributed by atoms with Gasteiger partial charge in [0.05, 0.1) is 17.5 Å². The lowest BCUT2D eigenvalue weighted by Gasteiger charge is -2.25. The zero-order valence-electron chi connectivity index (χ0n) is 12.9. The number of aromatic nitrogens is 1. The third kappa shape index (κ3) is 2.10. The monoisotopic (exact) mass is 312 g/mol. The largest absolute Gasteiger partial charge is 0.481 e. The van der Waals surface area contributed by atoms with Gasteiger partial charge in [-0.3, -0.25) is 4.79 Å². The molecule has 5 nitrogen and oxygen atoms in total. The third-order valence-electron chi connectivity index (χ3n) is 5.55. The van der Waals surface area contributed by atoms with Crippen molar-refractivity contribution in [3.8, 4) is 0 Å². The Kier molecular flexibility index (Phi) is 3.27. The van der Waals surface area contributed by atoms with Crippen molar-refractivity contribution < 1.29 is 15.0 Å². The molecule has 23 heavy (non-hydrogen) atoms. The Labute approximate surface area is 134 Å². The first-order chi connectivity index (χ1) is 11.1. The molecule has 0 spiro atoms. The molecule has 2 heterocycles. The Morgan fingerprint density at radius 2 is 2.22 bits per heavy atom. The minimum atomic E-state index is -0.686. The van der Waals surface area contributed by atoms with Crippen LogP contribution >= 0.6 is 0 Å². The number of aliphatic hydroxyl groups is 1. The zero-order valence-corrected chi connectivity index (χ0v) is 12.9. The fourth-order valence-corrected chi connectivity index (χ4v) is 4.34. The molecule has 120 valence electrons. The number of benzene rings is 1. The highest BCUT2D eigenvalue weighted by Gasteiger charge is 2.55. The van der Waals surface area contributed by atoms with Crippen molar-refractivity contribution >= 4 is 22.7 Å². The molecule has 2 aliphatic rings. The second kappa shape index (κ2) is 5.20. The van der Waals surface area contributed by atoms with E-state index in [1.165, 1.54) is 0 Å². The Hall–Kier alpha value is -2.14. The molecule has 0 amide bonds. The average molecular weight is 312 g/mol. The molecule has 0 bridgehead atoms. The Balaban J connectivity index is 1.76. The molecular weight excluding hydrogens is 292 g/mol. The lowest BCUT2D eigenvalue weighted by atomic mass is 9.81. The molecule has 0 radical (unpaired) electrons. The summed E-state index contributed by atoms with van der Waals surface area (Å²) in [5.74, 6) is 0.231. The van der Waals surface area contributed by atoms with E-state index in [4.69, 9.17) is 4.98 Å². The van der Waals surface area contributed by atoms with Crippen LogP contribution in [-0.4, -0.2) is 34.3 Å². The maximum Gasteiger partial charge on any atom is 0.311 e. The first kappa shape index (κ1) is 14.5. The van der Waals surface area contributed by atoms with E-state index in [0.717, 1.165) is 41.5 Å². The molecule has 5 heteroatoms. The number of hydrogen-bond donors (Lipinski definition) is 2. The van der Waals surface area contributed by atoms with Crippen molar-refractivity contribution in [1.29, 1.82) is 0 Å². The van der Waals surface area contributed by atoms with Crippen LogP contribution < -0.4 is 4.90 Å². The third-order valence-corrected chi connectivity index (χ3v) is 5.55. The number of hydrogen-bond acceptors (Lipinski definition) is 4. The Morgan fingerprint density at radius 1 is 1.39 bits per heavy atom. The molecule has 2 fully saturated rings. The first-order valence-corrected chi connectivity index (χ1v) is 8.12. The number of nitrogens with zero attached hydrogens (tertiary/aromatic N) is 2. The van der Waals surface area contributed by atoms with Crippen LogP contribution in [0.5, 0.6) is 0 Å². The van der Waals surface area contributed by atoms with Gasteiger partial charge in [0, 0.05) is 24.0 Å². The molecule has 2 atom stereocenters. The van der Waals surface area contributed by atoms with Gasteiger partial charge in [-0.05, 0) is 30.9 Å². The predicted octanol–water partition coefficient (Wildman–Crippen LogP) is 2.42. The van der Waals surface area contributed by atoms with Gasteiger partial charge in [-0.2, -0.15) is 0 Å². The summed E-state index contributed by atoms with van der Waals surface area (Å²) in [6, 6.07) is 9.77. The number of aliphatic carboxylic acids is 1. The van der Waals surface area contributed by atoms with Crippen molar-refractivity contribution in [3.05, 3.63) is 35.9 Å². The van der Waals surface area contributed by atoms with Crippen LogP contribution in [0.25, 0.3) is 10.9 Å². The molecule has 1 aliphatic carbocycles. The fraction of sp³-hybridized carbons (Fsp3) is 0.444. The van der Waals surface area contributed by atoms with Crippen LogP contribution in [0.2, 0.25) is 0 Å². The number of aliphatic hydroxyl groups excluding tert-OH is 1. The summed E-state index contributed by atoms with van der Waals surface area (Å²) in [6.07, 6.45) is 2.69. The van der Waals surface area contributed by atoms with E-state index in [9.17, 15) is 15.0 Å². The van der Waals surface area contributed by atoms with Crippen molar-refractivity contribution in [3.63, 3.8) is 0 Å². The predicted molar refractivity (Wildman–Crippen MR) is 87.3 cm³/mol. The SMILES string of the molecule is O=C(O)[C@@]12CCC[C@H]1CN(c1nc3ccccc3cc1CO)C2. The van der Waals surface area contributed by atoms with E-state index >= 15 is 0 Å². The summed E-state index contributed by atoms with van der Waals surface area (Å²) in [4.78, 5) is 18.6. The molecule has 1 saturated carbocycles. The normalized spacial score (nSPS) is 26.7. The van der Waals surface area contributed by atoms with Crippen molar-refractivity contribution in [2.75, 3.05) is 18.0 Å². The van der Waals surface area contributed by atoms with Gasteiger partial charge in [0.15, 0.2) is 0 Å². The number of fused-ring (bicyclic) bond motifs is 2. The molecule has 4 rings (SSSR count). The van der Waals surface area contributed by atoms with Crippen LogP contribution in [-0.2, 0) is 11.4 Å². The van der Waals surface area contributed by atoms with E-state index in [2.05, 4.69) is 4.90 Å². The minimum absolute atomic E-state index is 0.0889. The summed E-state index contributed by atoms with van der Waals surface area (Å²) >= 11 is 0. The molecule has 2 N–H and O–H groups in total.